The van der Waals surface area contributed by atoms with E-state index in [1.807, 2.05) is 341 Å². The smallest absolute Gasteiger partial charge is 0.418 e. The maximum atomic E-state index is 6.00. The van der Waals surface area contributed by atoms with Crippen LogP contribution in [0.25, 0.3) is 0 Å². The van der Waals surface area contributed by atoms with Crippen LogP contribution in [-0.2, 0) is 4.52 Å². The van der Waals surface area contributed by atoms with Crippen molar-refractivity contribution in [3.63, 3.8) is 0 Å². The normalized spacial score (nSPS) is 10.3. The third kappa shape index (κ3) is 27.2. The van der Waals surface area contributed by atoms with Crippen LogP contribution >= 0.6 is 34.4 Å². The largest absolute Gasteiger partial charge is 0.530 e. The Morgan fingerprint density at radius 3 is 0.543 bits per heavy atom. The Bertz CT molecular complexity index is 3370. The first kappa shape index (κ1) is 72.3. The summed E-state index contributed by atoms with van der Waals surface area (Å²) < 4.78 is 70.1. The van der Waals surface area contributed by atoms with Crippen molar-refractivity contribution in [1.29, 1.82) is 0 Å². The van der Waals surface area contributed by atoms with Gasteiger partial charge in [-0.3, -0.25) is 4.52 Å². The zero-order chi connectivity index (χ0) is 66.9. The molecule has 0 fully saturated rings. The molecule has 0 atom stereocenters. The highest BCUT2D eigenvalue weighted by Gasteiger charge is 2.23. The summed E-state index contributed by atoms with van der Waals surface area (Å²) in [6.07, 6.45) is 0. The van der Waals surface area contributed by atoms with Crippen molar-refractivity contribution in [2.24, 2.45) is 5.73 Å². The van der Waals surface area contributed by atoms with Crippen molar-refractivity contribution in [2.75, 3.05) is 14.2 Å². The summed E-state index contributed by atoms with van der Waals surface area (Å²) in [5, 5.41) is 0. The first-order valence-corrected chi connectivity index (χ1v) is 34.5. The highest BCUT2D eigenvalue weighted by Crippen LogP contribution is 2.46. The molecule has 94 heavy (non-hydrogen) atoms. The van der Waals surface area contributed by atoms with E-state index >= 15 is 0 Å². The zero-order valence-electron chi connectivity index (χ0n) is 54.8. The lowest BCUT2D eigenvalue weighted by molar-refractivity contribution is 0.323. The van der Waals surface area contributed by atoms with Gasteiger partial charge in [0.15, 0.2) is 0 Å². The molecular formula is C77H81NO12P4. The Hall–Kier alpha value is -9.14. The molecule has 0 amide bonds. The number of para-hydroxylation sites is 2. The SMILES string of the molecule is CN.COP(Oc1ccccc1)Oc1ccccc1.Cc1ccc(OP(Oc2ccc(C)cc2)Oc2ccc(C)cc2)cc1.Cc1ccc(OP(Oc2ccc(C)cc2)Oc2ccc(C)cc2)cc1.Cc1cccc(OP(Oc2cccc(C)c2)Oc2cccc(C)c2)c1. The van der Waals surface area contributed by atoms with Gasteiger partial charge in [-0.1, -0.05) is 179 Å². The Kier molecular flexibility index (Phi) is 30.3. The fourth-order valence-electron chi connectivity index (χ4n) is 7.78. The summed E-state index contributed by atoms with van der Waals surface area (Å²) >= 11 is 0. The Balaban J connectivity index is 0.000000177. The van der Waals surface area contributed by atoms with E-state index in [0.717, 1.165) is 79.9 Å². The van der Waals surface area contributed by atoms with E-state index in [1.165, 1.54) is 40.4 Å². The predicted molar refractivity (Wildman–Crippen MR) is 385 cm³/mol. The molecule has 0 aromatic heterocycles. The summed E-state index contributed by atoms with van der Waals surface area (Å²) in [5.74, 6) is 7.96. The van der Waals surface area contributed by atoms with Crippen LogP contribution in [0.5, 0.6) is 63.2 Å². The summed E-state index contributed by atoms with van der Waals surface area (Å²) in [6.45, 7) is 18.3. The van der Waals surface area contributed by atoms with Gasteiger partial charge < -0.3 is 55.5 Å². The van der Waals surface area contributed by atoms with E-state index in [-0.39, 0.29) is 0 Å². The van der Waals surface area contributed by atoms with Gasteiger partial charge in [0.2, 0.25) is 0 Å². The van der Waals surface area contributed by atoms with Gasteiger partial charge >= 0.3 is 34.4 Å². The molecule has 0 radical (unpaired) electrons. The number of aryl methyl sites for hydroxylation is 9. The fourth-order valence-corrected chi connectivity index (χ4v) is 11.5. The van der Waals surface area contributed by atoms with Crippen LogP contribution < -0.4 is 55.5 Å². The third-order valence-electron chi connectivity index (χ3n) is 12.7. The fraction of sp³-hybridized carbons (Fsp3) is 0.143. The molecule has 17 heteroatoms. The van der Waals surface area contributed by atoms with Gasteiger partial charge in [0.25, 0.3) is 0 Å². The summed E-state index contributed by atoms with van der Waals surface area (Å²) in [5.41, 5.74) is 14.9. The van der Waals surface area contributed by atoms with Gasteiger partial charge in [-0.05, 0) is 220 Å². The van der Waals surface area contributed by atoms with E-state index in [1.54, 1.807) is 7.11 Å². The minimum atomic E-state index is -1.63. The molecule has 0 aliphatic heterocycles. The van der Waals surface area contributed by atoms with Gasteiger partial charge in [0, 0.05) is 7.11 Å². The minimum Gasteiger partial charge on any atom is -0.418 e. The molecule has 0 heterocycles. The van der Waals surface area contributed by atoms with Crippen LogP contribution in [0, 0.1) is 62.3 Å². The number of rotatable bonds is 23. The second-order valence-electron chi connectivity index (χ2n) is 21.0. The van der Waals surface area contributed by atoms with Gasteiger partial charge in [0.05, 0.1) is 0 Å². The third-order valence-corrected chi connectivity index (χ3v) is 17.0. The lowest BCUT2D eigenvalue weighted by Gasteiger charge is -2.18. The molecule has 11 rings (SSSR count). The average Bonchev–Trinajstić information content (AvgIpc) is 1.69. The van der Waals surface area contributed by atoms with Crippen molar-refractivity contribution in [2.45, 2.75) is 62.3 Å². The summed E-state index contributed by atoms with van der Waals surface area (Å²) in [6, 6.07) is 89.5. The van der Waals surface area contributed by atoms with Crippen LogP contribution in [0.4, 0.5) is 0 Å². The van der Waals surface area contributed by atoms with E-state index < -0.39 is 34.4 Å². The minimum absolute atomic E-state index is 0.718. The Labute approximate surface area is 560 Å². The molecule has 0 aliphatic rings. The van der Waals surface area contributed by atoms with Crippen LogP contribution in [0.15, 0.2) is 279 Å². The highest BCUT2D eigenvalue weighted by molar-refractivity contribution is 7.43. The molecule has 11 aromatic rings. The summed E-state index contributed by atoms with van der Waals surface area (Å²) in [4.78, 5) is 0. The predicted octanol–water partition coefficient (Wildman–Crippen LogP) is 22.7. The second-order valence-corrected chi connectivity index (χ2v) is 25.2. The van der Waals surface area contributed by atoms with E-state index in [4.69, 9.17) is 54.3 Å². The standard InChI is InChI=1S/3C21H21O3P.C13H13O3P.CH5N/c2*1-16-4-10-19(11-5-16)22-25(23-20-12-6-17(2)7-13-20)24-21-14-8-18(3)9-15-21;1-16-7-4-10-19(13-16)22-25(23-20-11-5-8-17(2)14-20)24-21-12-6-9-18(3)15-21;1-14-17(15-12-8-4-2-5-9-12)16-13-10-6-3-7-11-13;1-2/h3*4-15H,1-3H3;2-11H,1H3;2H2,1H3. The van der Waals surface area contributed by atoms with Crippen molar-refractivity contribution in [3.05, 3.63) is 329 Å². The van der Waals surface area contributed by atoms with E-state index in [9.17, 15) is 0 Å². The molecule has 0 unspecified atom stereocenters. The van der Waals surface area contributed by atoms with Crippen molar-refractivity contribution >= 4 is 34.4 Å². The molecule has 0 bridgehead atoms. The van der Waals surface area contributed by atoms with Crippen LogP contribution in [0.3, 0.4) is 0 Å². The maximum Gasteiger partial charge on any atom is 0.530 e. The molecule has 13 nitrogen and oxygen atoms in total. The van der Waals surface area contributed by atoms with Crippen molar-refractivity contribution in [1.82, 2.24) is 0 Å². The first-order chi connectivity index (χ1) is 45.6. The Morgan fingerprint density at radius 2 is 0.351 bits per heavy atom. The molecular weight excluding hydrogens is 1250 g/mol. The topological polar surface area (TPSA) is 137 Å². The van der Waals surface area contributed by atoms with Crippen LogP contribution in [0.2, 0.25) is 0 Å². The van der Waals surface area contributed by atoms with Crippen LogP contribution in [0.1, 0.15) is 50.1 Å². The Morgan fingerprint density at radius 1 is 0.181 bits per heavy atom. The maximum absolute atomic E-state index is 6.00. The summed E-state index contributed by atoms with van der Waals surface area (Å²) in [7, 11) is -3.21. The number of benzene rings is 11. The molecule has 486 valence electrons. The average molecular weight is 1340 g/mol. The van der Waals surface area contributed by atoms with Crippen molar-refractivity contribution < 1.29 is 54.3 Å². The van der Waals surface area contributed by atoms with Crippen molar-refractivity contribution in [3.8, 4) is 63.2 Å². The molecule has 0 spiro atoms. The monoisotopic (exact) mass is 1340 g/mol. The van der Waals surface area contributed by atoms with Crippen LogP contribution in [-0.4, -0.2) is 14.2 Å². The second kappa shape index (κ2) is 39.4. The van der Waals surface area contributed by atoms with Gasteiger partial charge in [-0.2, -0.15) is 0 Å². The highest BCUT2D eigenvalue weighted by atomic mass is 31.2. The van der Waals surface area contributed by atoms with E-state index in [0.29, 0.717) is 0 Å². The number of nitrogens with two attached hydrogens (primary N) is 1. The van der Waals surface area contributed by atoms with E-state index in [2.05, 4.69) is 5.73 Å². The van der Waals surface area contributed by atoms with Gasteiger partial charge in [-0.15, -0.1) is 0 Å². The number of hydrogen-bond donors (Lipinski definition) is 1. The molecule has 2 N–H and O–H groups in total. The molecule has 0 aliphatic carbocycles. The lowest BCUT2D eigenvalue weighted by atomic mass is 10.2. The molecule has 0 saturated carbocycles. The van der Waals surface area contributed by atoms with Gasteiger partial charge in [0.1, 0.15) is 63.2 Å². The first-order valence-electron chi connectivity index (χ1n) is 30.1. The zero-order valence-corrected chi connectivity index (χ0v) is 58.4. The molecule has 11 aromatic carbocycles. The number of hydrogen-bond acceptors (Lipinski definition) is 13. The lowest BCUT2D eigenvalue weighted by Crippen LogP contribution is -2.02. The van der Waals surface area contributed by atoms with Gasteiger partial charge in [-0.25, -0.2) is 0 Å². The quantitative estimate of drug-likeness (QED) is 0.0609. The molecule has 0 saturated heterocycles.